The molecule has 0 saturated heterocycles. The molecule has 0 bridgehead atoms. The van der Waals surface area contributed by atoms with Crippen molar-refractivity contribution in [3.63, 3.8) is 0 Å². The molecule has 10 heteroatoms. The average molecular weight is 499 g/mol. The van der Waals surface area contributed by atoms with Crippen LogP contribution in [0, 0.1) is 6.92 Å². The van der Waals surface area contributed by atoms with E-state index in [4.69, 9.17) is 0 Å². The van der Waals surface area contributed by atoms with Crippen LogP contribution in [0.15, 0.2) is 49.1 Å². The summed E-state index contributed by atoms with van der Waals surface area (Å²) in [7, 11) is 1.76. The van der Waals surface area contributed by atoms with Crippen LogP contribution in [0.2, 0.25) is 0 Å². The van der Waals surface area contributed by atoms with Gasteiger partial charge in [-0.25, -0.2) is 4.98 Å². The number of amides is 1. The third-order valence-corrected chi connectivity index (χ3v) is 3.81. The Kier molecular flexibility index (Phi) is 8.51. The Morgan fingerprint density at radius 1 is 1.14 bits per heavy atom. The Morgan fingerprint density at radius 3 is 2.61 bits per heavy atom. The van der Waals surface area contributed by atoms with E-state index in [9.17, 15) is 4.79 Å². The molecule has 0 aromatic carbocycles. The summed E-state index contributed by atoms with van der Waals surface area (Å²) < 4.78 is 1.58. The molecular formula is C18H15Fe3N6O-. The number of aromatic nitrogens is 5. The van der Waals surface area contributed by atoms with Crippen molar-refractivity contribution >= 4 is 22.6 Å². The largest absolute Gasteiger partial charge is 0.354 e. The van der Waals surface area contributed by atoms with E-state index in [1.54, 1.807) is 36.4 Å². The molecule has 2 N–H and O–H groups in total. The summed E-state index contributed by atoms with van der Waals surface area (Å²) >= 11 is 0. The van der Waals surface area contributed by atoms with Crippen molar-refractivity contribution in [2.75, 3.05) is 5.32 Å². The first kappa shape index (κ1) is 24.0. The second-order valence-electron chi connectivity index (χ2n) is 5.75. The number of aromatic amines is 1. The van der Waals surface area contributed by atoms with E-state index in [2.05, 4.69) is 32.3 Å². The van der Waals surface area contributed by atoms with Gasteiger partial charge in [0.05, 0.1) is 23.0 Å². The quantitative estimate of drug-likeness (QED) is 0.336. The number of hydrogen-bond donors (Lipinski definition) is 2. The molecular weight excluding hydrogens is 484 g/mol. The van der Waals surface area contributed by atoms with Crippen LogP contribution in [0.5, 0.6) is 0 Å². The number of hydrogen-bond acceptors (Lipinski definition) is 4. The molecule has 0 spiro atoms. The van der Waals surface area contributed by atoms with Crippen molar-refractivity contribution < 1.29 is 56.0 Å². The molecule has 28 heavy (non-hydrogen) atoms. The summed E-state index contributed by atoms with van der Waals surface area (Å²) in [6.45, 7) is 3.92. The molecule has 4 aromatic heterocycles. The summed E-state index contributed by atoms with van der Waals surface area (Å²) in [6.07, 6.45) is 6.60. The average Bonchev–Trinajstić information content (AvgIpc) is 3.20. The normalized spacial score (nSPS) is 9.75. The minimum Gasteiger partial charge on any atom is -0.354 e. The Labute approximate surface area is 193 Å². The van der Waals surface area contributed by atoms with Crippen molar-refractivity contribution in [2.45, 2.75) is 0 Å². The zero-order chi connectivity index (χ0) is 17.4. The first-order valence-corrected chi connectivity index (χ1v) is 7.65. The third kappa shape index (κ3) is 5.06. The summed E-state index contributed by atoms with van der Waals surface area (Å²) in [5.41, 5.74) is 3.92. The molecule has 0 unspecified atom stereocenters. The molecule has 0 aliphatic carbocycles. The number of aryl methyl sites for hydroxylation is 1. The zero-order valence-electron chi connectivity index (χ0n) is 14.6. The number of H-pyrrole nitrogens is 1. The summed E-state index contributed by atoms with van der Waals surface area (Å²) in [5.74, 6) is 0.215. The number of fused-ring (bicyclic) bond motifs is 1. The van der Waals surface area contributed by atoms with Crippen LogP contribution >= 0.6 is 0 Å². The standard InChI is InChI=1S/C18H15N6O.3Fe/c1-11-3-4-19-15(5-11)16-6-12-8-20-17(7-14(12)22-16)23-18(25)13-9-21-24(2)10-13;;;/h3-10,22H,1H2,2H3,(H,20,23,25);;;/q-1;;;. The molecule has 7 nitrogen and oxygen atoms in total. The van der Waals surface area contributed by atoms with Crippen LogP contribution in [0.25, 0.3) is 22.3 Å². The maximum absolute atomic E-state index is 12.2. The number of nitrogens with zero attached hydrogens (tertiary/aromatic N) is 4. The summed E-state index contributed by atoms with van der Waals surface area (Å²) in [5, 5.41) is 7.70. The number of nitrogens with one attached hydrogen (secondary N) is 2. The van der Waals surface area contributed by atoms with E-state index in [1.807, 2.05) is 18.2 Å². The molecule has 0 aliphatic rings. The predicted molar refractivity (Wildman–Crippen MR) is 94.9 cm³/mol. The van der Waals surface area contributed by atoms with E-state index >= 15 is 0 Å². The summed E-state index contributed by atoms with van der Waals surface area (Å²) in [6, 6.07) is 7.51. The maximum atomic E-state index is 12.2. The Hall–Kier alpha value is -2.05. The minimum atomic E-state index is -0.252. The van der Waals surface area contributed by atoms with Gasteiger partial charge in [0.15, 0.2) is 0 Å². The molecule has 4 heterocycles. The summed E-state index contributed by atoms with van der Waals surface area (Å²) in [4.78, 5) is 24.1. The minimum absolute atomic E-state index is 0. The van der Waals surface area contributed by atoms with Crippen molar-refractivity contribution in [1.82, 2.24) is 24.7 Å². The predicted octanol–water partition coefficient (Wildman–Crippen LogP) is 2.79. The fraction of sp³-hybridized carbons (Fsp3) is 0.0556. The van der Waals surface area contributed by atoms with E-state index in [1.165, 1.54) is 6.20 Å². The van der Waals surface area contributed by atoms with Gasteiger partial charge in [-0.05, 0) is 12.3 Å². The maximum Gasteiger partial charge on any atom is 0.260 e. The third-order valence-electron chi connectivity index (χ3n) is 3.81. The monoisotopic (exact) mass is 499 g/mol. The van der Waals surface area contributed by atoms with Crippen LogP contribution in [0.3, 0.4) is 0 Å². The molecule has 0 aliphatic heterocycles. The van der Waals surface area contributed by atoms with Crippen LogP contribution in [0.1, 0.15) is 15.9 Å². The van der Waals surface area contributed by atoms with Crippen molar-refractivity contribution in [3.05, 3.63) is 67.1 Å². The topological polar surface area (TPSA) is 88.5 Å². The Morgan fingerprint density at radius 2 is 1.93 bits per heavy atom. The molecule has 0 saturated carbocycles. The molecule has 0 atom stereocenters. The molecule has 4 aromatic rings. The Bertz CT molecular complexity index is 1090. The van der Waals surface area contributed by atoms with Gasteiger partial charge in [0, 0.05) is 87.8 Å². The van der Waals surface area contributed by atoms with Crippen LogP contribution < -0.4 is 5.32 Å². The van der Waals surface area contributed by atoms with Gasteiger partial charge in [-0.3, -0.25) is 14.5 Å². The van der Waals surface area contributed by atoms with Crippen LogP contribution in [-0.2, 0) is 58.3 Å². The fourth-order valence-corrected chi connectivity index (χ4v) is 2.58. The second-order valence-corrected chi connectivity index (χ2v) is 5.75. The van der Waals surface area contributed by atoms with E-state index in [0.29, 0.717) is 11.4 Å². The number of carbonyl (C=O) groups is 1. The number of pyridine rings is 2. The van der Waals surface area contributed by atoms with Crippen LogP contribution in [0.4, 0.5) is 5.82 Å². The molecule has 0 fully saturated rings. The smallest absolute Gasteiger partial charge is 0.260 e. The Balaban J connectivity index is 0.00000131. The fourth-order valence-electron chi connectivity index (χ4n) is 2.58. The number of carbonyl (C=O) groups excluding carboxylic acids is 1. The first-order valence-electron chi connectivity index (χ1n) is 7.65. The zero-order valence-corrected chi connectivity index (χ0v) is 17.9. The van der Waals surface area contributed by atoms with Gasteiger partial charge in [0.25, 0.3) is 5.91 Å². The van der Waals surface area contributed by atoms with Gasteiger partial charge in [-0.15, -0.1) is 12.1 Å². The second kappa shape index (κ2) is 9.94. The van der Waals surface area contributed by atoms with E-state index in [0.717, 1.165) is 27.9 Å². The van der Waals surface area contributed by atoms with Crippen molar-refractivity contribution in [3.8, 4) is 11.4 Å². The molecule has 0 radical (unpaired) electrons. The van der Waals surface area contributed by atoms with Gasteiger partial charge < -0.3 is 10.3 Å². The van der Waals surface area contributed by atoms with Crippen LogP contribution in [-0.4, -0.2) is 30.6 Å². The van der Waals surface area contributed by atoms with Gasteiger partial charge in [-0.1, -0.05) is 0 Å². The number of anilines is 1. The van der Waals surface area contributed by atoms with Crippen molar-refractivity contribution in [2.24, 2.45) is 7.05 Å². The van der Waals surface area contributed by atoms with Gasteiger partial charge >= 0.3 is 0 Å². The van der Waals surface area contributed by atoms with Crippen molar-refractivity contribution in [1.29, 1.82) is 0 Å². The SMILES string of the molecule is [CH2-]c1ccnc(-c2cc3cnc(NC(=O)c4cnn(C)c4)cc3[nH]2)c1.[Fe].[Fe].[Fe]. The molecule has 148 valence electrons. The molecule has 4 rings (SSSR count). The van der Waals surface area contributed by atoms with E-state index in [-0.39, 0.29) is 57.1 Å². The number of rotatable bonds is 3. The van der Waals surface area contributed by atoms with Gasteiger partial charge in [0.2, 0.25) is 0 Å². The molecule has 1 amide bonds. The van der Waals surface area contributed by atoms with Gasteiger partial charge in [-0.2, -0.15) is 17.6 Å². The first-order chi connectivity index (χ1) is 12.1. The van der Waals surface area contributed by atoms with E-state index < -0.39 is 0 Å². The van der Waals surface area contributed by atoms with Gasteiger partial charge in [0.1, 0.15) is 5.82 Å².